The monoisotopic (exact) mass is 525 g/mol. The Kier molecular flexibility index (Phi) is 9.77. The van der Waals surface area contributed by atoms with Crippen LogP contribution in [0.1, 0.15) is 0 Å². The third-order valence-corrected chi connectivity index (χ3v) is 4.97. The lowest BCUT2D eigenvalue weighted by molar-refractivity contribution is -0.193. The summed E-state index contributed by atoms with van der Waals surface area (Å²) in [6, 6.07) is 7.75. The number of alkyl halides is 6. The molecule has 0 unspecified atom stereocenters. The van der Waals surface area contributed by atoms with E-state index in [1.807, 2.05) is 24.3 Å². The average Bonchev–Trinajstić information content (AvgIpc) is 3.40. The van der Waals surface area contributed by atoms with E-state index in [0.29, 0.717) is 17.9 Å². The average molecular weight is 525 g/mol. The first-order chi connectivity index (χ1) is 16.8. The number of aliphatic carboxylic acids is 2. The van der Waals surface area contributed by atoms with Crippen molar-refractivity contribution >= 4 is 23.7 Å². The summed E-state index contributed by atoms with van der Waals surface area (Å²) in [6.45, 7) is 3.55. The van der Waals surface area contributed by atoms with E-state index in [0.717, 1.165) is 38.0 Å². The third kappa shape index (κ3) is 8.83. The fraction of sp³-hybridized carbons (Fsp3) is 0.450. The minimum absolute atomic E-state index is 0.291. The number of carboxylic acids is 2. The van der Waals surface area contributed by atoms with Crippen LogP contribution in [0.5, 0.6) is 0 Å². The second-order valence-electron chi connectivity index (χ2n) is 7.45. The van der Waals surface area contributed by atoms with E-state index in [1.165, 1.54) is 0 Å². The van der Waals surface area contributed by atoms with Crippen molar-refractivity contribution < 1.29 is 50.9 Å². The molecule has 4 heterocycles. The van der Waals surface area contributed by atoms with E-state index in [4.69, 9.17) is 24.5 Å². The van der Waals surface area contributed by atoms with Crippen molar-refractivity contribution in [1.82, 2.24) is 15.0 Å². The highest BCUT2D eigenvalue weighted by atomic mass is 19.4. The van der Waals surface area contributed by atoms with Gasteiger partial charge in [-0.3, -0.25) is 0 Å². The molecule has 2 aliphatic rings. The second kappa shape index (κ2) is 12.3. The van der Waals surface area contributed by atoms with Gasteiger partial charge in [-0.2, -0.15) is 26.3 Å². The topological polar surface area (TPSA) is 138 Å². The molecule has 0 aliphatic carbocycles. The third-order valence-electron chi connectivity index (χ3n) is 4.97. The number of hydrogen-bond donors (Lipinski definition) is 3. The first-order valence-corrected chi connectivity index (χ1v) is 10.2. The van der Waals surface area contributed by atoms with Crippen molar-refractivity contribution in [1.29, 1.82) is 0 Å². The maximum Gasteiger partial charge on any atom is 0.490 e. The molecule has 16 heteroatoms. The standard InChI is InChI=1S/C16H19N5O.2C2HF3O2/c1-2-5-17-15(4-1)20-8-12-11-22-14-10-21(9-13(12)14)16-18-6-3-7-19-16;2*3-2(4,5)1(6)7/h1-7,12-14H,8-11H2,(H,17,20);2*(H,6,7)/t12-,13+,14+;;/m0../s1. The Morgan fingerprint density at radius 2 is 1.50 bits per heavy atom. The van der Waals surface area contributed by atoms with Crippen molar-refractivity contribution in [3.63, 3.8) is 0 Å². The van der Waals surface area contributed by atoms with Crippen LogP contribution in [0.25, 0.3) is 0 Å². The maximum absolute atomic E-state index is 10.6. The zero-order valence-electron chi connectivity index (χ0n) is 18.3. The van der Waals surface area contributed by atoms with Gasteiger partial charge >= 0.3 is 24.3 Å². The number of nitrogens with zero attached hydrogens (tertiary/aromatic N) is 4. The van der Waals surface area contributed by atoms with Gasteiger partial charge in [-0.15, -0.1) is 0 Å². The largest absolute Gasteiger partial charge is 0.490 e. The summed E-state index contributed by atoms with van der Waals surface area (Å²) in [4.78, 5) is 33.0. The molecule has 2 aromatic rings. The summed E-state index contributed by atoms with van der Waals surface area (Å²) < 4.78 is 69.4. The molecule has 0 radical (unpaired) electrons. The van der Waals surface area contributed by atoms with Gasteiger partial charge in [0.2, 0.25) is 5.95 Å². The number of halogens is 6. The predicted octanol–water partition coefficient (Wildman–Crippen LogP) is 2.70. The number of pyridine rings is 1. The number of fused-ring (bicyclic) bond motifs is 1. The van der Waals surface area contributed by atoms with Gasteiger partial charge in [0.1, 0.15) is 5.82 Å². The Bertz CT molecular complexity index is 956. The summed E-state index contributed by atoms with van der Waals surface area (Å²) >= 11 is 0. The Morgan fingerprint density at radius 1 is 0.944 bits per heavy atom. The molecule has 0 bridgehead atoms. The molecule has 3 N–H and O–H groups in total. The van der Waals surface area contributed by atoms with Crippen molar-refractivity contribution in [2.45, 2.75) is 18.5 Å². The van der Waals surface area contributed by atoms with E-state index in [1.54, 1.807) is 18.6 Å². The van der Waals surface area contributed by atoms with Gasteiger partial charge < -0.3 is 25.2 Å². The first-order valence-electron chi connectivity index (χ1n) is 10.2. The van der Waals surface area contributed by atoms with Gasteiger partial charge in [0.05, 0.1) is 12.7 Å². The number of carbonyl (C=O) groups is 2. The minimum Gasteiger partial charge on any atom is -0.475 e. The molecule has 2 aliphatic heterocycles. The summed E-state index contributed by atoms with van der Waals surface area (Å²) in [5.41, 5.74) is 0. The molecule has 2 saturated heterocycles. The molecule has 0 spiro atoms. The van der Waals surface area contributed by atoms with E-state index in [2.05, 4.69) is 25.2 Å². The number of aromatic nitrogens is 3. The quantitative estimate of drug-likeness (QED) is 0.511. The molecule has 0 aromatic carbocycles. The van der Waals surface area contributed by atoms with Crippen LogP contribution in [-0.4, -0.2) is 81.8 Å². The van der Waals surface area contributed by atoms with Crippen LogP contribution in [0.4, 0.5) is 38.1 Å². The summed E-state index contributed by atoms with van der Waals surface area (Å²) in [7, 11) is 0. The van der Waals surface area contributed by atoms with Crippen LogP contribution in [0.15, 0.2) is 42.9 Å². The van der Waals surface area contributed by atoms with E-state index < -0.39 is 24.3 Å². The highest BCUT2D eigenvalue weighted by Crippen LogP contribution is 2.34. The number of carboxylic acid groups (broad SMARTS) is 2. The fourth-order valence-electron chi connectivity index (χ4n) is 3.33. The molecular formula is C20H21F6N5O5. The minimum atomic E-state index is -5.08. The SMILES string of the molecule is O=C(O)C(F)(F)F.O=C(O)C(F)(F)F.c1ccc(NC[C@H]2CO[C@@H]3CN(c4ncccn4)C[C@H]23)nc1. The van der Waals surface area contributed by atoms with Crippen LogP contribution in [0.2, 0.25) is 0 Å². The van der Waals surface area contributed by atoms with Gasteiger partial charge in [-0.05, 0) is 18.2 Å². The van der Waals surface area contributed by atoms with Crippen LogP contribution in [0, 0.1) is 11.8 Å². The molecule has 3 atom stereocenters. The highest BCUT2D eigenvalue weighted by molar-refractivity contribution is 5.73. The smallest absolute Gasteiger partial charge is 0.475 e. The Hall–Kier alpha value is -3.69. The normalized spacial score (nSPS) is 20.8. The van der Waals surface area contributed by atoms with E-state index in [9.17, 15) is 26.3 Å². The van der Waals surface area contributed by atoms with Gasteiger partial charge in [0.15, 0.2) is 0 Å². The fourth-order valence-corrected chi connectivity index (χ4v) is 3.33. The van der Waals surface area contributed by atoms with Gasteiger partial charge in [0, 0.05) is 50.1 Å². The van der Waals surface area contributed by atoms with E-state index in [-0.39, 0.29) is 0 Å². The molecule has 198 valence electrons. The lowest BCUT2D eigenvalue weighted by Gasteiger charge is -2.20. The molecule has 4 rings (SSSR count). The lowest BCUT2D eigenvalue weighted by Crippen LogP contribution is -2.28. The molecule has 2 aromatic heterocycles. The summed E-state index contributed by atoms with van der Waals surface area (Å²) in [6.07, 6.45) is -4.49. The van der Waals surface area contributed by atoms with Crippen LogP contribution in [0.3, 0.4) is 0 Å². The Balaban J connectivity index is 0.000000271. The first kappa shape index (κ1) is 28.5. The van der Waals surface area contributed by atoms with Crippen LogP contribution >= 0.6 is 0 Å². The van der Waals surface area contributed by atoms with Crippen molar-refractivity contribution in [3.05, 3.63) is 42.9 Å². The summed E-state index contributed by atoms with van der Waals surface area (Å²) in [5, 5.41) is 17.7. The molecule has 36 heavy (non-hydrogen) atoms. The van der Waals surface area contributed by atoms with E-state index >= 15 is 0 Å². The van der Waals surface area contributed by atoms with Crippen molar-refractivity contribution in [2.75, 3.05) is 36.5 Å². The maximum atomic E-state index is 10.6. The number of anilines is 2. The molecule has 2 fully saturated rings. The number of hydrogen-bond acceptors (Lipinski definition) is 8. The van der Waals surface area contributed by atoms with Crippen molar-refractivity contribution in [3.8, 4) is 0 Å². The highest BCUT2D eigenvalue weighted by Gasteiger charge is 2.44. The predicted molar refractivity (Wildman–Crippen MR) is 111 cm³/mol. The zero-order chi connectivity index (χ0) is 26.9. The molecular weight excluding hydrogens is 504 g/mol. The number of rotatable bonds is 4. The van der Waals surface area contributed by atoms with Crippen LogP contribution in [-0.2, 0) is 14.3 Å². The second-order valence-corrected chi connectivity index (χ2v) is 7.45. The van der Waals surface area contributed by atoms with Crippen LogP contribution < -0.4 is 10.2 Å². The molecule has 10 nitrogen and oxygen atoms in total. The van der Waals surface area contributed by atoms with Gasteiger partial charge in [0.25, 0.3) is 0 Å². The van der Waals surface area contributed by atoms with Crippen molar-refractivity contribution in [2.24, 2.45) is 11.8 Å². The molecule has 0 saturated carbocycles. The Morgan fingerprint density at radius 3 is 2.00 bits per heavy atom. The van der Waals surface area contributed by atoms with Gasteiger partial charge in [-0.1, -0.05) is 6.07 Å². The zero-order valence-corrected chi connectivity index (χ0v) is 18.3. The summed E-state index contributed by atoms with van der Waals surface area (Å²) in [5.74, 6) is -2.76. The number of ether oxygens (including phenoxy) is 1. The molecule has 0 amide bonds. The lowest BCUT2D eigenvalue weighted by atomic mass is 9.93. The Labute approximate surface area is 199 Å². The van der Waals surface area contributed by atoms with Gasteiger partial charge in [-0.25, -0.2) is 24.5 Å². The number of nitrogens with one attached hydrogen (secondary N) is 1.